The van der Waals surface area contributed by atoms with Gasteiger partial charge in [-0.25, -0.2) is 0 Å². The molecule has 1 heterocycles. The van der Waals surface area contributed by atoms with E-state index in [9.17, 15) is 0 Å². The summed E-state index contributed by atoms with van der Waals surface area (Å²) >= 11 is 1.94. The number of nitrogens with one attached hydrogen (secondary N) is 1. The highest BCUT2D eigenvalue weighted by molar-refractivity contribution is 8.13. The van der Waals surface area contributed by atoms with Crippen molar-refractivity contribution in [1.82, 2.24) is 10.2 Å². The number of hydrogen-bond acceptors (Lipinski definition) is 4. The van der Waals surface area contributed by atoms with Gasteiger partial charge in [0.15, 0.2) is 5.17 Å². The van der Waals surface area contributed by atoms with E-state index in [2.05, 4.69) is 24.3 Å². The van der Waals surface area contributed by atoms with Crippen LogP contribution in [-0.2, 0) is 0 Å². The fraction of sp³-hybridized carbons (Fsp3) is 0.923. The summed E-state index contributed by atoms with van der Waals surface area (Å²) < 4.78 is 0. The maximum Gasteiger partial charge on any atom is 0.156 e. The molecule has 2 rings (SSSR count). The van der Waals surface area contributed by atoms with Crippen LogP contribution >= 0.6 is 11.8 Å². The lowest BCUT2D eigenvalue weighted by molar-refractivity contribution is 0.358. The number of nitrogens with zero attached hydrogens (tertiary/aromatic N) is 2. The van der Waals surface area contributed by atoms with Crippen molar-refractivity contribution in [2.75, 3.05) is 39.5 Å². The molecule has 0 unspecified atom stereocenters. The Balaban J connectivity index is 1.68. The zero-order chi connectivity index (χ0) is 12.1. The van der Waals surface area contributed by atoms with E-state index in [1.54, 1.807) is 0 Å². The first-order valence-electron chi connectivity index (χ1n) is 6.76. The number of thioether (sulfide) groups is 1. The summed E-state index contributed by atoms with van der Waals surface area (Å²) in [5.74, 6) is 1.28. The molecule has 0 aromatic carbocycles. The van der Waals surface area contributed by atoms with Crippen LogP contribution in [0.1, 0.15) is 32.1 Å². The molecule has 0 atom stereocenters. The highest BCUT2D eigenvalue weighted by Gasteiger charge is 2.36. The average Bonchev–Trinajstić information content (AvgIpc) is 2.75. The molecule has 1 N–H and O–H groups in total. The van der Waals surface area contributed by atoms with Crippen molar-refractivity contribution in [3.63, 3.8) is 0 Å². The second-order valence-electron chi connectivity index (χ2n) is 5.70. The smallest absolute Gasteiger partial charge is 0.156 e. The zero-order valence-corrected chi connectivity index (χ0v) is 12.0. The van der Waals surface area contributed by atoms with Gasteiger partial charge in [0.1, 0.15) is 0 Å². The van der Waals surface area contributed by atoms with E-state index in [1.165, 1.54) is 43.0 Å². The fourth-order valence-electron chi connectivity index (χ4n) is 2.68. The number of rotatable bonds is 4. The lowest BCUT2D eigenvalue weighted by Gasteiger charge is -2.31. The normalized spacial score (nSPS) is 23.1. The molecule has 1 saturated carbocycles. The highest BCUT2D eigenvalue weighted by Crippen LogP contribution is 2.43. The third-order valence-corrected chi connectivity index (χ3v) is 5.10. The second-order valence-corrected chi connectivity index (χ2v) is 6.66. The highest BCUT2D eigenvalue weighted by atomic mass is 32.2. The Kier molecular flexibility index (Phi) is 4.74. The molecular formula is C13H25N3S. The first kappa shape index (κ1) is 13.2. The number of hydrogen-bond donors (Lipinski definition) is 1. The molecule has 1 spiro atoms. The Hall–Kier alpha value is -0.220. The fourth-order valence-corrected chi connectivity index (χ4v) is 3.86. The molecule has 98 valence electrons. The van der Waals surface area contributed by atoms with Crippen LogP contribution in [0, 0.1) is 5.41 Å². The molecule has 2 aliphatic rings. The first-order chi connectivity index (χ1) is 8.20. The van der Waals surface area contributed by atoms with E-state index >= 15 is 0 Å². The van der Waals surface area contributed by atoms with Crippen molar-refractivity contribution in [3.8, 4) is 0 Å². The van der Waals surface area contributed by atoms with Gasteiger partial charge < -0.3 is 10.2 Å². The zero-order valence-electron chi connectivity index (χ0n) is 11.2. The van der Waals surface area contributed by atoms with Crippen molar-refractivity contribution >= 4 is 16.9 Å². The number of amidine groups is 1. The van der Waals surface area contributed by atoms with Gasteiger partial charge in [-0.15, -0.1) is 0 Å². The van der Waals surface area contributed by atoms with Gasteiger partial charge >= 0.3 is 0 Å². The molecule has 0 bridgehead atoms. The first-order valence-corrected chi connectivity index (χ1v) is 7.75. The van der Waals surface area contributed by atoms with Crippen molar-refractivity contribution in [1.29, 1.82) is 0 Å². The van der Waals surface area contributed by atoms with Crippen molar-refractivity contribution in [2.45, 2.75) is 32.1 Å². The maximum absolute atomic E-state index is 4.74. The van der Waals surface area contributed by atoms with Crippen LogP contribution in [0.25, 0.3) is 0 Å². The third-order valence-electron chi connectivity index (χ3n) is 3.80. The molecule has 1 aliphatic carbocycles. The maximum atomic E-state index is 4.74. The quantitative estimate of drug-likeness (QED) is 0.780. The minimum atomic E-state index is 0.569. The molecular weight excluding hydrogens is 230 g/mol. The summed E-state index contributed by atoms with van der Waals surface area (Å²) in [6.07, 6.45) is 6.83. The van der Waals surface area contributed by atoms with Crippen LogP contribution in [0.2, 0.25) is 0 Å². The molecule has 17 heavy (non-hydrogen) atoms. The predicted molar refractivity (Wildman–Crippen MR) is 76.8 cm³/mol. The second kappa shape index (κ2) is 6.10. The molecule has 0 radical (unpaired) electrons. The van der Waals surface area contributed by atoms with E-state index in [0.717, 1.165) is 19.6 Å². The van der Waals surface area contributed by atoms with Crippen LogP contribution in [0.5, 0.6) is 0 Å². The lowest BCUT2D eigenvalue weighted by Crippen LogP contribution is -2.34. The summed E-state index contributed by atoms with van der Waals surface area (Å²) in [5.41, 5.74) is 0.569. The van der Waals surface area contributed by atoms with E-state index in [1.807, 2.05) is 11.8 Å². The van der Waals surface area contributed by atoms with Crippen LogP contribution in [0.15, 0.2) is 4.99 Å². The summed E-state index contributed by atoms with van der Waals surface area (Å²) in [6, 6.07) is 0. The topological polar surface area (TPSA) is 27.6 Å². The summed E-state index contributed by atoms with van der Waals surface area (Å²) in [4.78, 5) is 6.96. The average molecular weight is 255 g/mol. The summed E-state index contributed by atoms with van der Waals surface area (Å²) in [6.45, 7) is 3.27. The summed E-state index contributed by atoms with van der Waals surface area (Å²) in [7, 11) is 4.24. The molecule has 4 heteroatoms. The van der Waals surface area contributed by atoms with Crippen LogP contribution in [0.3, 0.4) is 0 Å². The SMILES string of the molecule is CN(C)CCCNC1=NCC2(CCCC2)CS1. The molecule has 1 aliphatic heterocycles. The van der Waals surface area contributed by atoms with Crippen molar-refractivity contribution < 1.29 is 0 Å². The molecule has 0 aromatic rings. The molecule has 3 nitrogen and oxygen atoms in total. The minimum Gasteiger partial charge on any atom is -0.365 e. The predicted octanol–water partition coefficient (Wildman–Crippen LogP) is 2.19. The molecule has 0 aromatic heterocycles. The number of aliphatic imine (C=N–C) groups is 1. The van der Waals surface area contributed by atoms with Gasteiger partial charge in [0.25, 0.3) is 0 Å². The van der Waals surface area contributed by atoms with E-state index in [4.69, 9.17) is 4.99 Å². The van der Waals surface area contributed by atoms with Crippen molar-refractivity contribution in [3.05, 3.63) is 0 Å². The van der Waals surface area contributed by atoms with E-state index in [-0.39, 0.29) is 0 Å². The monoisotopic (exact) mass is 255 g/mol. The molecule has 1 fully saturated rings. The third kappa shape index (κ3) is 3.88. The largest absolute Gasteiger partial charge is 0.365 e. The standard InChI is InChI=1S/C13H25N3S/c1-16(2)9-5-8-14-12-15-10-13(11-17-12)6-3-4-7-13/h3-11H2,1-2H3,(H,14,15). The van der Waals surface area contributed by atoms with Gasteiger partial charge in [0.05, 0.1) is 0 Å². The van der Waals surface area contributed by atoms with Crippen LogP contribution in [0.4, 0.5) is 0 Å². The van der Waals surface area contributed by atoms with E-state index in [0.29, 0.717) is 5.41 Å². The van der Waals surface area contributed by atoms with Gasteiger partial charge in [0, 0.05) is 18.8 Å². The summed E-state index contributed by atoms with van der Waals surface area (Å²) in [5, 5.41) is 4.65. The van der Waals surface area contributed by atoms with Gasteiger partial charge in [-0.1, -0.05) is 24.6 Å². The molecule has 0 amide bonds. The van der Waals surface area contributed by atoms with Crippen LogP contribution in [-0.4, -0.2) is 49.6 Å². The van der Waals surface area contributed by atoms with Crippen molar-refractivity contribution in [2.24, 2.45) is 10.4 Å². The Morgan fingerprint density at radius 2 is 2.12 bits per heavy atom. The lowest BCUT2D eigenvalue weighted by atomic mass is 9.89. The Morgan fingerprint density at radius 1 is 1.35 bits per heavy atom. The van der Waals surface area contributed by atoms with Crippen LogP contribution < -0.4 is 5.32 Å². The van der Waals surface area contributed by atoms with E-state index < -0.39 is 0 Å². The van der Waals surface area contributed by atoms with Gasteiger partial charge in [-0.05, 0) is 45.3 Å². The molecule has 0 saturated heterocycles. The Morgan fingerprint density at radius 3 is 2.71 bits per heavy atom. The van der Waals surface area contributed by atoms with Gasteiger partial charge in [0.2, 0.25) is 0 Å². The minimum absolute atomic E-state index is 0.569. The Bertz CT molecular complexity index is 270. The van der Waals surface area contributed by atoms with Gasteiger partial charge in [-0.3, -0.25) is 4.99 Å². The Labute approximate surface area is 109 Å². The van der Waals surface area contributed by atoms with Gasteiger partial charge in [-0.2, -0.15) is 0 Å².